The highest BCUT2D eigenvalue weighted by molar-refractivity contribution is 5.58. The van der Waals surface area contributed by atoms with E-state index < -0.39 is 0 Å². The Balaban J connectivity index is 2.17. The molecule has 0 atom stereocenters. The molecular weight excluding hydrogens is 210 g/mol. The molecule has 0 aliphatic carbocycles. The molecule has 0 saturated carbocycles. The van der Waals surface area contributed by atoms with Crippen LogP contribution in [0, 0.1) is 0 Å². The summed E-state index contributed by atoms with van der Waals surface area (Å²) in [5.74, 6) is 0.942. The number of nitrogens with two attached hydrogens (primary N) is 1. The maximum absolute atomic E-state index is 5.51. The van der Waals surface area contributed by atoms with Crippen LogP contribution >= 0.6 is 0 Å². The molecule has 0 radical (unpaired) electrons. The Morgan fingerprint density at radius 2 is 1.88 bits per heavy atom. The number of anilines is 2. The van der Waals surface area contributed by atoms with E-state index in [0.29, 0.717) is 6.54 Å². The molecule has 1 aromatic carbocycles. The minimum atomic E-state index is 0.662. The van der Waals surface area contributed by atoms with Crippen LogP contribution in [0.5, 0.6) is 0 Å². The summed E-state index contributed by atoms with van der Waals surface area (Å²) in [5, 5.41) is 0. The maximum atomic E-state index is 5.51. The fourth-order valence-corrected chi connectivity index (χ4v) is 1.71. The van der Waals surface area contributed by atoms with E-state index in [1.165, 1.54) is 5.56 Å². The molecule has 0 aliphatic rings. The molecule has 3 nitrogen and oxygen atoms in total. The Labute approximate surface area is 102 Å². The van der Waals surface area contributed by atoms with Crippen LogP contribution in [-0.2, 0) is 6.42 Å². The minimum absolute atomic E-state index is 0.662. The second kappa shape index (κ2) is 5.46. The predicted molar refractivity (Wildman–Crippen MR) is 71.5 cm³/mol. The summed E-state index contributed by atoms with van der Waals surface area (Å²) in [4.78, 5) is 6.51. The van der Waals surface area contributed by atoms with Crippen LogP contribution in [0.4, 0.5) is 11.5 Å². The first kappa shape index (κ1) is 11.6. The van der Waals surface area contributed by atoms with Crippen molar-refractivity contribution >= 4 is 11.5 Å². The number of rotatable bonds is 4. The third-order valence-corrected chi connectivity index (χ3v) is 2.73. The highest BCUT2D eigenvalue weighted by Crippen LogP contribution is 2.20. The first-order valence-corrected chi connectivity index (χ1v) is 5.75. The summed E-state index contributed by atoms with van der Waals surface area (Å²) in [6.07, 6.45) is 2.77. The van der Waals surface area contributed by atoms with Crippen molar-refractivity contribution in [1.82, 2.24) is 4.98 Å². The third kappa shape index (κ3) is 2.82. The minimum Gasteiger partial charge on any atom is -0.330 e. The van der Waals surface area contributed by atoms with Crippen molar-refractivity contribution in [3.8, 4) is 0 Å². The van der Waals surface area contributed by atoms with Gasteiger partial charge in [0.15, 0.2) is 0 Å². The van der Waals surface area contributed by atoms with Gasteiger partial charge in [-0.15, -0.1) is 0 Å². The summed E-state index contributed by atoms with van der Waals surface area (Å²) in [6, 6.07) is 14.3. The lowest BCUT2D eigenvalue weighted by molar-refractivity contribution is 0.955. The summed E-state index contributed by atoms with van der Waals surface area (Å²) in [6.45, 7) is 0.662. The SMILES string of the molecule is CN(c1ccccc1)c1ccc(CCN)cn1. The quantitative estimate of drug-likeness (QED) is 0.871. The lowest BCUT2D eigenvalue weighted by Crippen LogP contribution is -2.11. The zero-order valence-electron chi connectivity index (χ0n) is 10.0. The molecule has 0 spiro atoms. The van der Waals surface area contributed by atoms with Crippen LogP contribution in [0.3, 0.4) is 0 Å². The van der Waals surface area contributed by atoms with Crippen LogP contribution in [-0.4, -0.2) is 18.6 Å². The average Bonchev–Trinajstić information content (AvgIpc) is 2.40. The Hall–Kier alpha value is -1.87. The van der Waals surface area contributed by atoms with Crippen LogP contribution < -0.4 is 10.6 Å². The van der Waals surface area contributed by atoms with Crippen LogP contribution in [0.25, 0.3) is 0 Å². The van der Waals surface area contributed by atoms with Gasteiger partial charge in [0.05, 0.1) is 0 Å². The second-order valence-corrected chi connectivity index (χ2v) is 3.96. The van der Waals surface area contributed by atoms with E-state index in [0.717, 1.165) is 17.9 Å². The van der Waals surface area contributed by atoms with Gasteiger partial charge in [-0.25, -0.2) is 4.98 Å². The highest BCUT2D eigenvalue weighted by Gasteiger charge is 2.04. The first-order chi connectivity index (χ1) is 8.31. The zero-order valence-corrected chi connectivity index (χ0v) is 10.0. The van der Waals surface area contributed by atoms with Crippen LogP contribution in [0.2, 0.25) is 0 Å². The molecule has 2 rings (SSSR count). The number of hydrogen-bond acceptors (Lipinski definition) is 3. The topological polar surface area (TPSA) is 42.1 Å². The number of benzene rings is 1. The van der Waals surface area contributed by atoms with Crippen molar-refractivity contribution in [2.45, 2.75) is 6.42 Å². The Bertz CT molecular complexity index is 451. The molecule has 0 unspecified atom stereocenters. The summed E-state index contributed by atoms with van der Waals surface area (Å²) < 4.78 is 0. The molecular formula is C14H17N3. The molecule has 0 saturated heterocycles. The lowest BCUT2D eigenvalue weighted by Gasteiger charge is -2.18. The summed E-state index contributed by atoms with van der Waals surface area (Å²) >= 11 is 0. The van der Waals surface area contributed by atoms with Gasteiger partial charge in [0.25, 0.3) is 0 Å². The van der Waals surface area contributed by atoms with Crippen molar-refractivity contribution in [3.05, 3.63) is 54.2 Å². The van der Waals surface area contributed by atoms with E-state index >= 15 is 0 Å². The van der Waals surface area contributed by atoms with E-state index in [-0.39, 0.29) is 0 Å². The zero-order chi connectivity index (χ0) is 12.1. The third-order valence-electron chi connectivity index (χ3n) is 2.73. The summed E-state index contributed by atoms with van der Waals surface area (Å²) in [7, 11) is 2.01. The fraction of sp³-hybridized carbons (Fsp3) is 0.214. The molecule has 17 heavy (non-hydrogen) atoms. The number of para-hydroxylation sites is 1. The summed E-state index contributed by atoms with van der Waals surface area (Å²) in [5.41, 5.74) is 7.82. The van der Waals surface area contributed by atoms with Gasteiger partial charge in [-0.05, 0) is 36.7 Å². The maximum Gasteiger partial charge on any atom is 0.132 e. The Kier molecular flexibility index (Phi) is 3.73. The molecule has 1 heterocycles. The number of aromatic nitrogens is 1. The predicted octanol–water partition coefficient (Wildman–Crippen LogP) is 2.35. The van der Waals surface area contributed by atoms with Crippen molar-refractivity contribution < 1.29 is 0 Å². The molecule has 3 heteroatoms. The van der Waals surface area contributed by atoms with E-state index in [2.05, 4.69) is 28.1 Å². The van der Waals surface area contributed by atoms with Gasteiger partial charge in [0.2, 0.25) is 0 Å². The van der Waals surface area contributed by atoms with Gasteiger partial charge >= 0.3 is 0 Å². The normalized spacial score (nSPS) is 10.2. The van der Waals surface area contributed by atoms with Crippen LogP contribution in [0.1, 0.15) is 5.56 Å². The van der Waals surface area contributed by atoms with Crippen LogP contribution in [0.15, 0.2) is 48.7 Å². The standard InChI is InChI=1S/C14H17N3/c1-17(13-5-3-2-4-6-13)14-8-7-12(9-10-15)11-16-14/h2-8,11H,9-10,15H2,1H3. The van der Waals surface area contributed by atoms with E-state index in [1.807, 2.05) is 37.5 Å². The second-order valence-electron chi connectivity index (χ2n) is 3.96. The molecule has 0 aliphatic heterocycles. The van der Waals surface area contributed by atoms with Gasteiger partial charge < -0.3 is 10.6 Å². The molecule has 88 valence electrons. The largest absolute Gasteiger partial charge is 0.330 e. The molecule has 2 N–H and O–H groups in total. The van der Waals surface area contributed by atoms with Crippen molar-refractivity contribution in [1.29, 1.82) is 0 Å². The van der Waals surface area contributed by atoms with Crippen molar-refractivity contribution in [2.24, 2.45) is 5.73 Å². The number of pyridine rings is 1. The van der Waals surface area contributed by atoms with E-state index in [9.17, 15) is 0 Å². The van der Waals surface area contributed by atoms with Crippen molar-refractivity contribution in [3.63, 3.8) is 0 Å². The smallest absolute Gasteiger partial charge is 0.132 e. The van der Waals surface area contributed by atoms with Gasteiger partial charge in [-0.2, -0.15) is 0 Å². The average molecular weight is 227 g/mol. The molecule has 0 amide bonds. The van der Waals surface area contributed by atoms with Gasteiger partial charge in [-0.3, -0.25) is 0 Å². The van der Waals surface area contributed by atoms with E-state index in [1.54, 1.807) is 0 Å². The molecule has 0 bridgehead atoms. The lowest BCUT2D eigenvalue weighted by atomic mass is 10.2. The number of hydrogen-bond donors (Lipinski definition) is 1. The van der Waals surface area contributed by atoms with Gasteiger partial charge in [0, 0.05) is 18.9 Å². The Morgan fingerprint density at radius 3 is 2.47 bits per heavy atom. The molecule has 2 aromatic rings. The van der Waals surface area contributed by atoms with Gasteiger partial charge in [0.1, 0.15) is 5.82 Å². The van der Waals surface area contributed by atoms with Crippen molar-refractivity contribution in [2.75, 3.05) is 18.5 Å². The fourth-order valence-electron chi connectivity index (χ4n) is 1.71. The Morgan fingerprint density at radius 1 is 1.12 bits per heavy atom. The van der Waals surface area contributed by atoms with Gasteiger partial charge in [-0.1, -0.05) is 24.3 Å². The van der Waals surface area contributed by atoms with E-state index in [4.69, 9.17) is 5.73 Å². The number of nitrogens with zero attached hydrogens (tertiary/aromatic N) is 2. The molecule has 0 fully saturated rings. The highest BCUT2D eigenvalue weighted by atomic mass is 15.2. The molecule has 1 aromatic heterocycles. The first-order valence-electron chi connectivity index (χ1n) is 5.75. The monoisotopic (exact) mass is 227 g/mol.